The summed E-state index contributed by atoms with van der Waals surface area (Å²) < 4.78 is 26.9. The van der Waals surface area contributed by atoms with Crippen LogP contribution in [-0.2, 0) is 4.79 Å². The van der Waals surface area contributed by atoms with E-state index >= 15 is 0 Å². The van der Waals surface area contributed by atoms with Crippen LogP contribution in [-0.4, -0.2) is 30.1 Å². The van der Waals surface area contributed by atoms with E-state index in [1.807, 2.05) is 0 Å². The van der Waals surface area contributed by atoms with E-state index in [-0.39, 0.29) is 24.1 Å². The van der Waals surface area contributed by atoms with Crippen molar-refractivity contribution < 1.29 is 18.7 Å². The van der Waals surface area contributed by atoms with Crippen LogP contribution >= 0.6 is 0 Å². The number of carbonyl (C=O) groups excluding carboxylic acids is 1. The maximum atomic E-state index is 13.4. The lowest BCUT2D eigenvalue weighted by atomic mass is 10.0. The number of halogens is 2. The summed E-state index contributed by atoms with van der Waals surface area (Å²) in [6, 6.07) is 3.50. The van der Waals surface area contributed by atoms with Crippen molar-refractivity contribution in [3.05, 3.63) is 35.4 Å². The minimum Gasteiger partial charge on any atom is -0.387 e. The average molecular weight is 270 g/mol. The lowest BCUT2D eigenvalue weighted by Gasteiger charge is -2.25. The quantitative estimate of drug-likeness (QED) is 0.760. The van der Waals surface area contributed by atoms with Gasteiger partial charge in [-0.2, -0.15) is 0 Å². The van der Waals surface area contributed by atoms with Gasteiger partial charge in [-0.05, 0) is 18.6 Å². The number of carbonyl (C=O) groups is 1. The molecule has 1 fully saturated rings. The molecule has 0 aromatic heterocycles. The molecule has 0 aliphatic carbocycles. The van der Waals surface area contributed by atoms with E-state index < -0.39 is 17.7 Å². The Morgan fingerprint density at radius 2 is 2.11 bits per heavy atom. The molecular formula is C13H16F2N2O2. The molecule has 19 heavy (non-hydrogen) atoms. The third kappa shape index (κ3) is 3.48. The van der Waals surface area contributed by atoms with E-state index in [4.69, 9.17) is 0 Å². The van der Waals surface area contributed by atoms with Crippen molar-refractivity contribution in [2.24, 2.45) is 0 Å². The Labute approximate surface area is 109 Å². The van der Waals surface area contributed by atoms with Gasteiger partial charge in [0.2, 0.25) is 5.91 Å². The molecule has 1 aromatic carbocycles. The zero-order valence-corrected chi connectivity index (χ0v) is 10.3. The fourth-order valence-corrected chi connectivity index (χ4v) is 2.12. The van der Waals surface area contributed by atoms with Crippen LogP contribution in [0.3, 0.4) is 0 Å². The smallest absolute Gasteiger partial charge is 0.220 e. The van der Waals surface area contributed by atoms with Crippen LogP contribution in [0.25, 0.3) is 0 Å². The van der Waals surface area contributed by atoms with Gasteiger partial charge in [0.15, 0.2) is 0 Å². The Morgan fingerprint density at radius 3 is 2.68 bits per heavy atom. The highest BCUT2D eigenvalue weighted by molar-refractivity contribution is 5.76. The zero-order valence-electron chi connectivity index (χ0n) is 10.3. The first kappa shape index (κ1) is 13.9. The molecule has 2 atom stereocenters. The van der Waals surface area contributed by atoms with Gasteiger partial charge in [0.05, 0.1) is 11.7 Å². The summed E-state index contributed by atoms with van der Waals surface area (Å²) in [6.45, 7) is 0.504. The SMILES string of the molecule is O=C1CCC(NCC(O)c2c(F)cccc2F)CN1. The minimum absolute atomic E-state index is 0.00116. The summed E-state index contributed by atoms with van der Waals surface area (Å²) in [7, 11) is 0. The molecule has 6 heteroatoms. The highest BCUT2D eigenvalue weighted by Gasteiger charge is 2.21. The third-order valence-corrected chi connectivity index (χ3v) is 3.20. The van der Waals surface area contributed by atoms with Crippen molar-refractivity contribution in [1.29, 1.82) is 0 Å². The van der Waals surface area contributed by atoms with Gasteiger partial charge >= 0.3 is 0 Å². The molecule has 0 bridgehead atoms. The van der Waals surface area contributed by atoms with E-state index in [9.17, 15) is 18.7 Å². The van der Waals surface area contributed by atoms with Gasteiger partial charge in [0.25, 0.3) is 0 Å². The van der Waals surface area contributed by atoms with Gasteiger partial charge in [-0.25, -0.2) is 8.78 Å². The van der Waals surface area contributed by atoms with Crippen molar-refractivity contribution in [2.75, 3.05) is 13.1 Å². The summed E-state index contributed by atoms with van der Waals surface area (Å²) in [6.07, 6.45) is -0.182. The summed E-state index contributed by atoms with van der Waals surface area (Å²) in [5.41, 5.74) is -0.324. The summed E-state index contributed by atoms with van der Waals surface area (Å²) in [5.74, 6) is -1.52. The fraction of sp³-hybridized carbons (Fsp3) is 0.462. The van der Waals surface area contributed by atoms with E-state index in [0.29, 0.717) is 19.4 Å². The molecule has 1 saturated heterocycles. The molecule has 1 aliphatic heterocycles. The fourth-order valence-electron chi connectivity index (χ4n) is 2.12. The van der Waals surface area contributed by atoms with Crippen LogP contribution in [0.4, 0.5) is 8.78 Å². The number of nitrogens with one attached hydrogen (secondary N) is 2. The second kappa shape index (κ2) is 6.08. The predicted octanol–water partition coefficient (Wildman–Crippen LogP) is 0.866. The normalized spacial score (nSPS) is 21.0. The van der Waals surface area contributed by atoms with Crippen molar-refractivity contribution in [2.45, 2.75) is 25.0 Å². The number of piperidine rings is 1. The third-order valence-electron chi connectivity index (χ3n) is 3.20. The summed E-state index contributed by atoms with van der Waals surface area (Å²) >= 11 is 0. The Bertz CT molecular complexity index is 438. The van der Waals surface area contributed by atoms with Crippen molar-refractivity contribution in [3.8, 4) is 0 Å². The lowest BCUT2D eigenvalue weighted by molar-refractivity contribution is -0.122. The Morgan fingerprint density at radius 1 is 1.42 bits per heavy atom. The average Bonchev–Trinajstić information content (AvgIpc) is 2.38. The molecule has 2 rings (SSSR count). The molecule has 0 saturated carbocycles. The molecule has 4 nitrogen and oxygen atoms in total. The first-order valence-electron chi connectivity index (χ1n) is 6.20. The molecule has 2 unspecified atom stereocenters. The highest BCUT2D eigenvalue weighted by Crippen LogP contribution is 2.20. The number of hydrogen-bond acceptors (Lipinski definition) is 3. The van der Waals surface area contributed by atoms with Crippen LogP contribution in [0, 0.1) is 11.6 Å². The topological polar surface area (TPSA) is 61.4 Å². The van der Waals surface area contributed by atoms with E-state index in [1.54, 1.807) is 0 Å². The highest BCUT2D eigenvalue weighted by atomic mass is 19.1. The maximum absolute atomic E-state index is 13.4. The monoisotopic (exact) mass is 270 g/mol. The maximum Gasteiger partial charge on any atom is 0.220 e. The predicted molar refractivity (Wildman–Crippen MR) is 65.4 cm³/mol. The summed E-state index contributed by atoms with van der Waals surface area (Å²) in [4.78, 5) is 11.0. The Hall–Kier alpha value is -1.53. The van der Waals surface area contributed by atoms with Gasteiger partial charge in [-0.3, -0.25) is 4.79 Å². The largest absolute Gasteiger partial charge is 0.387 e. The van der Waals surface area contributed by atoms with Gasteiger partial charge in [0, 0.05) is 25.6 Å². The number of aliphatic hydroxyl groups excluding tert-OH is 1. The number of amides is 1. The lowest BCUT2D eigenvalue weighted by Crippen LogP contribution is -2.46. The van der Waals surface area contributed by atoms with E-state index in [0.717, 1.165) is 12.1 Å². The molecule has 1 amide bonds. The second-order valence-electron chi connectivity index (χ2n) is 4.60. The molecule has 1 aromatic rings. The minimum atomic E-state index is -1.25. The molecule has 0 spiro atoms. The van der Waals surface area contributed by atoms with Gasteiger partial charge in [0.1, 0.15) is 11.6 Å². The van der Waals surface area contributed by atoms with Gasteiger partial charge in [-0.1, -0.05) is 6.07 Å². The molecule has 0 radical (unpaired) electrons. The molecule has 1 aliphatic rings. The second-order valence-corrected chi connectivity index (χ2v) is 4.60. The van der Waals surface area contributed by atoms with Crippen LogP contribution in [0.15, 0.2) is 18.2 Å². The molecular weight excluding hydrogens is 254 g/mol. The van der Waals surface area contributed by atoms with Crippen LogP contribution in [0.5, 0.6) is 0 Å². The van der Waals surface area contributed by atoms with Crippen LogP contribution in [0.2, 0.25) is 0 Å². The summed E-state index contributed by atoms with van der Waals surface area (Å²) in [5, 5.41) is 15.5. The van der Waals surface area contributed by atoms with Gasteiger partial charge < -0.3 is 15.7 Å². The number of rotatable bonds is 4. The Balaban J connectivity index is 1.91. The van der Waals surface area contributed by atoms with Crippen LogP contribution in [0.1, 0.15) is 24.5 Å². The van der Waals surface area contributed by atoms with Crippen molar-refractivity contribution >= 4 is 5.91 Å². The molecule has 3 N–H and O–H groups in total. The number of benzene rings is 1. The molecule has 1 heterocycles. The van der Waals surface area contributed by atoms with Crippen molar-refractivity contribution in [3.63, 3.8) is 0 Å². The molecule has 104 valence electrons. The number of hydrogen-bond donors (Lipinski definition) is 3. The van der Waals surface area contributed by atoms with Crippen molar-refractivity contribution in [1.82, 2.24) is 10.6 Å². The van der Waals surface area contributed by atoms with E-state index in [1.165, 1.54) is 6.07 Å². The zero-order chi connectivity index (χ0) is 13.8. The first-order chi connectivity index (χ1) is 9.08. The Kier molecular flexibility index (Phi) is 4.44. The standard InChI is InChI=1S/C13H16F2N2O2/c14-9-2-1-3-10(15)13(9)11(18)7-16-8-4-5-12(19)17-6-8/h1-3,8,11,16,18H,4-7H2,(H,17,19). The number of aliphatic hydroxyl groups is 1. The first-order valence-corrected chi connectivity index (χ1v) is 6.20. The van der Waals surface area contributed by atoms with Gasteiger partial charge in [-0.15, -0.1) is 0 Å². The van der Waals surface area contributed by atoms with E-state index in [2.05, 4.69) is 10.6 Å². The van der Waals surface area contributed by atoms with Crippen LogP contribution < -0.4 is 10.6 Å².